The first-order valence-corrected chi connectivity index (χ1v) is 7.39. The smallest absolute Gasteiger partial charge is 0.292 e. The average Bonchev–Trinajstić information content (AvgIpc) is 2.70. The maximum Gasteiger partial charge on any atom is 0.292 e. The van der Waals surface area contributed by atoms with Gasteiger partial charge in [-0.05, 0) is 37.3 Å². The average molecular weight is 293 g/mol. The van der Waals surface area contributed by atoms with Gasteiger partial charge in [-0.15, -0.1) is 0 Å². The van der Waals surface area contributed by atoms with E-state index in [1.54, 1.807) is 19.2 Å². The zero-order chi connectivity index (χ0) is 15.2. The molecule has 6 heteroatoms. The predicted octanol–water partition coefficient (Wildman–Crippen LogP) is 2.82. The SMILES string of the molecule is COCC[C@@H]1CCCCN(c2cc(N)ccc2[N+](=O)[O-])C1. The maximum atomic E-state index is 11.2. The molecule has 6 nitrogen and oxygen atoms in total. The molecule has 2 N–H and O–H groups in total. The lowest BCUT2D eigenvalue weighted by atomic mass is 10.00. The molecule has 2 rings (SSSR count). The molecule has 0 bridgehead atoms. The topological polar surface area (TPSA) is 81.6 Å². The summed E-state index contributed by atoms with van der Waals surface area (Å²) in [4.78, 5) is 13.0. The molecule has 116 valence electrons. The van der Waals surface area contributed by atoms with Gasteiger partial charge in [0.25, 0.3) is 5.69 Å². The van der Waals surface area contributed by atoms with Crippen LogP contribution in [-0.4, -0.2) is 31.7 Å². The quantitative estimate of drug-likeness (QED) is 0.513. The molecule has 0 aromatic heterocycles. The Labute approximate surface area is 125 Å². The Balaban J connectivity index is 2.22. The van der Waals surface area contributed by atoms with Crippen molar-refractivity contribution >= 4 is 17.1 Å². The van der Waals surface area contributed by atoms with E-state index in [9.17, 15) is 10.1 Å². The lowest BCUT2D eigenvalue weighted by Crippen LogP contribution is -2.29. The van der Waals surface area contributed by atoms with Gasteiger partial charge in [0, 0.05) is 38.6 Å². The first kappa shape index (κ1) is 15.6. The first-order valence-electron chi connectivity index (χ1n) is 7.39. The molecule has 1 aliphatic heterocycles. The Hall–Kier alpha value is -1.82. The van der Waals surface area contributed by atoms with E-state index in [-0.39, 0.29) is 10.6 Å². The van der Waals surface area contributed by atoms with Gasteiger partial charge in [-0.3, -0.25) is 10.1 Å². The van der Waals surface area contributed by atoms with Crippen LogP contribution in [0.4, 0.5) is 17.1 Å². The van der Waals surface area contributed by atoms with E-state index in [2.05, 4.69) is 4.90 Å². The number of methoxy groups -OCH3 is 1. The van der Waals surface area contributed by atoms with Gasteiger partial charge in [0.15, 0.2) is 0 Å². The van der Waals surface area contributed by atoms with Crippen molar-refractivity contribution in [3.8, 4) is 0 Å². The number of rotatable bonds is 5. The Bertz CT molecular complexity index is 493. The van der Waals surface area contributed by atoms with Gasteiger partial charge < -0.3 is 15.4 Å². The molecule has 1 heterocycles. The van der Waals surface area contributed by atoms with Crippen LogP contribution in [0.5, 0.6) is 0 Å². The van der Waals surface area contributed by atoms with Crippen molar-refractivity contribution in [2.24, 2.45) is 5.92 Å². The third-order valence-electron chi connectivity index (χ3n) is 4.04. The van der Waals surface area contributed by atoms with E-state index in [0.29, 0.717) is 17.3 Å². The largest absolute Gasteiger partial charge is 0.399 e. The van der Waals surface area contributed by atoms with Crippen LogP contribution in [0.15, 0.2) is 18.2 Å². The monoisotopic (exact) mass is 293 g/mol. The molecular weight excluding hydrogens is 270 g/mol. The summed E-state index contributed by atoms with van der Waals surface area (Å²) in [6.45, 7) is 2.40. The number of nitro benzene ring substituents is 1. The lowest BCUT2D eigenvalue weighted by molar-refractivity contribution is -0.384. The number of hydrogen-bond donors (Lipinski definition) is 1. The molecule has 21 heavy (non-hydrogen) atoms. The normalized spacial score (nSPS) is 19.3. The van der Waals surface area contributed by atoms with Crippen molar-refractivity contribution < 1.29 is 9.66 Å². The van der Waals surface area contributed by atoms with Crippen LogP contribution in [-0.2, 0) is 4.74 Å². The highest BCUT2D eigenvalue weighted by Gasteiger charge is 2.24. The highest BCUT2D eigenvalue weighted by Crippen LogP contribution is 2.33. The van der Waals surface area contributed by atoms with Crippen LogP contribution in [0.25, 0.3) is 0 Å². The highest BCUT2D eigenvalue weighted by molar-refractivity contribution is 5.68. The summed E-state index contributed by atoms with van der Waals surface area (Å²) in [5, 5.41) is 11.2. The zero-order valence-corrected chi connectivity index (χ0v) is 12.5. The van der Waals surface area contributed by atoms with Crippen molar-refractivity contribution in [1.29, 1.82) is 0 Å². The van der Waals surface area contributed by atoms with Gasteiger partial charge in [0.1, 0.15) is 5.69 Å². The number of nitrogens with two attached hydrogens (primary N) is 1. The summed E-state index contributed by atoms with van der Waals surface area (Å²) in [6.07, 6.45) is 4.34. The molecule has 1 aromatic carbocycles. The van der Waals surface area contributed by atoms with Gasteiger partial charge in [0.2, 0.25) is 0 Å². The van der Waals surface area contributed by atoms with Gasteiger partial charge in [-0.1, -0.05) is 6.42 Å². The van der Waals surface area contributed by atoms with Crippen molar-refractivity contribution in [2.45, 2.75) is 25.7 Å². The maximum absolute atomic E-state index is 11.2. The fourth-order valence-corrected chi connectivity index (χ4v) is 2.92. The van der Waals surface area contributed by atoms with E-state index in [4.69, 9.17) is 10.5 Å². The molecular formula is C15H23N3O3. The first-order chi connectivity index (χ1) is 10.1. The second-order valence-corrected chi connectivity index (χ2v) is 5.59. The minimum atomic E-state index is -0.330. The highest BCUT2D eigenvalue weighted by atomic mass is 16.6. The summed E-state index contributed by atoms with van der Waals surface area (Å²) < 4.78 is 5.16. The Morgan fingerprint density at radius 1 is 1.48 bits per heavy atom. The predicted molar refractivity (Wildman–Crippen MR) is 83.6 cm³/mol. The standard InChI is InChI=1S/C15H23N3O3/c1-21-9-7-12-4-2-3-8-17(11-12)15-10-13(16)5-6-14(15)18(19)20/h5-6,10,12H,2-4,7-9,11,16H2,1H3/t12-/m0/s1. The van der Waals surface area contributed by atoms with Gasteiger partial charge in [-0.25, -0.2) is 0 Å². The fourth-order valence-electron chi connectivity index (χ4n) is 2.92. The van der Waals surface area contributed by atoms with Crippen LogP contribution >= 0.6 is 0 Å². The van der Waals surface area contributed by atoms with E-state index in [1.165, 1.54) is 6.07 Å². The van der Waals surface area contributed by atoms with E-state index in [1.807, 2.05) is 0 Å². The number of hydrogen-bond acceptors (Lipinski definition) is 5. The van der Waals surface area contributed by atoms with Gasteiger partial charge in [-0.2, -0.15) is 0 Å². The number of anilines is 2. The van der Waals surface area contributed by atoms with Crippen LogP contribution in [0.3, 0.4) is 0 Å². The van der Waals surface area contributed by atoms with Crippen molar-refractivity contribution in [3.63, 3.8) is 0 Å². The molecule has 0 saturated carbocycles. The molecule has 1 saturated heterocycles. The third-order valence-corrected chi connectivity index (χ3v) is 4.04. The van der Waals surface area contributed by atoms with Crippen molar-refractivity contribution in [1.82, 2.24) is 0 Å². The van der Waals surface area contributed by atoms with Crippen molar-refractivity contribution in [3.05, 3.63) is 28.3 Å². The molecule has 1 aliphatic rings. The molecule has 1 fully saturated rings. The van der Waals surface area contributed by atoms with Gasteiger partial charge in [0.05, 0.1) is 4.92 Å². The number of benzene rings is 1. The fraction of sp³-hybridized carbons (Fsp3) is 0.600. The zero-order valence-electron chi connectivity index (χ0n) is 12.5. The lowest BCUT2D eigenvalue weighted by Gasteiger charge is -2.26. The minimum Gasteiger partial charge on any atom is -0.399 e. The molecule has 0 unspecified atom stereocenters. The summed E-state index contributed by atoms with van der Waals surface area (Å²) in [6, 6.07) is 4.80. The molecule has 1 aromatic rings. The van der Waals surface area contributed by atoms with Crippen LogP contribution < -0.4 is 10.6 Å². The Morgan fingerprint density at radius 3 is 3.00 bits per heavy atom. The molecule has 0 spiro atoms. The van der Waals surface area contributed by atoms with Crippen LogP contribution in [0, 0.1) is 16.0 Å². The number of nitrogens with zero attached hydrogens (tertiary/aromatic N) is 2. The van der Waals surface area contributed by atoms with E-state index >= 15 is 0 Å². The molecule has 0 amide bonds. The second-order valence-electron chi connectivity index (χ2n) is 5.59. The van der Waals surface area contributed by atoms with E-state index in [0.717, 1.165) is 45.4 Å². The third kappa shape index (κ3) is 4.07. The minimum absolute atomic E-state index is 0.136. The summed E-state index contributed by atoms with van der Waals surface area (Å²) in [7, 11) is 1.71. The van der Waals surface area contributed by atoms with Crippen LogP contribution in [0.2, 0.25) is 0 Å². The Kier molecular flexibility index (Phi) is 5.38. The van der Waals surface area contributed by atoms with E-state index < -0.39 is 0 Å². The molecule has 0 aliphatic carbocycles. The number of ether oxygens (including phenoxy) is 1. The molecule has 0 radical (unpaired) electrons. The summed E-state index contributed by atoms with van der Waals surface area (Å²) in [5.74, 6) is 0.508. The van der Waals surface area contributed by atoms with Gasteiger partial charge >= 0.3 is 0 Å². The van der Waals surface area contributed by atoms with Crippen LogP contribution in [0.1, 0.15) is 25.7 Å². The van der Waals surface area contributed by atoms with Crippen molar-refractivity contribution in [2.75, 3.05) is 37.4 Å². The summed E-state index contributed by atoms with van der Waals surface area (Å²) in [5.41, 5.74) is 7.16. The Morgan fingerprint density at radius 2 is 2.29 bits per heavy atom. The second kappa shape index (κ2) is 7.26. The number of nitrogen functional groups attached to an aromatic ring is 1. The summed E-state index contributed by atoms with van der Waals surface area (Å²) >= 11 is 0. The number of nitro groups is 1. The molecule has 1 atom stereocenters.